The maximum atomic E-state index is 10.6. The van der Waals surface area contributed by atoms with Crippen LogP contribution in [0.3, 0.4) is 0 Å². The fourth-order valence-corrected chi connectivity index (χ4v) is 1.45. The van der Waals surface area contributed by atoms with Crippen molar-refractivity contribution in [1.29, 1.82) is 0 Å². The summed E-state index contributed by atoms with van der Waals surface area (Å²) in [6, 6.07) is 1.06. The number of hydrogen-bond donors (Lipinski definition) is 2. The molecule has 3 N–H and O–H groups in total. The van der Waals surface area contributed by atoms with E-state index < -0.39 is 25.8 Å². The van der Waals surface area contributed by atoms with E-state index in [4.69, 9.17) is 10.3 Å². The Hall–Kier alpha value is -1.74. The number of aromatic nitrogens is 1. The number of nitrogens with zero attached hydrogens (tertiary/aromatic N) is 2. The number of nitrogen functional groups attached to an aromatic ring is 1. The molecule has 1 aromatic heterocycles. The van der Waals surface area contributed by atoms with Crippen LogP contribution in [0.4, 0.5) is 11.4 Å². The summed E-state index contributed by atoms with van der Waals surface area (Å²) in [5.74, 6) is 0. The van der Waals surface area contributed by atoms with Gasteiger partial charge in [-0.1, -0.05) is 0 Å². The van der Waals surface area contributed by atoms with Crippen LogP contribution in [-0.2, 0) is 10.1 Å². The third kappa shape index (κ3) is 1.78. The lowest BCUT2D eigenvalue weighted by molar-refractivity contribution is -0.387. The topological polar surface area (TPSA) is 136 Å². The summed E-state index contributed by atoms with van der Waals surface area (Å²) in [6.45, 7) is 0. The summed E-state index contributed by atoms with van der Waals surface area (Å²) in [7, 11) is -4.73. The predicted molar refractivity (Wildman–Crippen MR) is 45.1 cm³/mol. The quantitative estimate of drug-likeness (QED) is 0.399. The highest BCUT2D eigenvalue weighted by Gasteiger charge is 2.28. The van der Waals surface area contributed by atoms with Crippen LogP contribution >= 0.6 is 0 Å². The van der Waals surface area contributed by atoms with E-state index in [9.17, 15) is 18.5 Å². The predicted octanol–water partition coefficient (Wildman–Crippen LogP) is -0.181. The Morgan fingerprint density at radius 3 is 2.50 bits per heavy atom. The second-order valence-electron chi connectivity index (χ2n) is 2.29. The highest BCUT2D eigenvalue weighted by molar-refractivity contribution is 7.85. The molecule has 9 heteroatoms. The van der Waals surface area contributed by atoms with Gasteiger partial charge in [0.25, 0.3) is 5.03 Å². The summed E-state index contributed by atoms with van der Waals surface area (Å²) in [5, 5.41) is 9.35. The van der Waals surface area contributed by atoms with Crippen molar-refractivity contribution in [3.05, 3.63) is 22.4 Å². The lowest BCUT2D eigenvalue weighted by Gasteiger charge is -1.99. The Balaban J connectivity index is 3.61. The lowest BCUT2D eigenvalue weighted by Crippen LogP contribution is -2.08. The summed E-state index contributed by atoms with van der Waals surface area (Å²) in [6.07, 6.45) is 0.950. The van der Waals surface area contributed by atoms with Gasteiger partial charge >= 0.3 is 15.8 Å². The molecular weight excluding hydrogens is 214 g/mol. The average Bonchev–Trinajstić information content (AvgIpc) is 2.01. The Kier molecular flexibility index (Phi) is 2.36. The second kappa shape index (κ2) is 3.20. The second-order valence-corrected chi connectivity index (χ2v) is 3.62. The van der Waals surface area contributed by atoms with Crippen LogP contribution < -0.4 is 5.73 Å². The van der Waals surface area contributed by atoms with Crippen LogP contribution in [0.2, 0.25) is 0 Å². The van der Waals surface area contributed by atoms with Gasteiger partial charge < -0.3 is 5.73 Å². The molecule has 0 amide bonds. The van der Waals surface area contributed by atoms with Crippen LogP contribution in [-0.4, -0.2) is 22.9 Å². The van der Waals surface area contributed by atoms with E-state index in [1.54, 1.807) is 0 Å². The van der Waals surface area contributed by atoms with Crippen LogP contribution in [0.1, 0.15) is 0 Å². The number of hydrogen-bond acceptors (Lipinski definition) is 6. The molecule has 0 bridgehead atoms. The summed E-state index contributed by atoms with van der Waals surface area (Å²) >= 11 is 0. The minimum Gasteiger partial charge on any atom is -0.393 e. The first-order valence-electron chi connectivity index (χ1n) is 3.20. The SMILES string of the molecule is Nc1ccnc(S(=O)(=O)O)c1[N+](=O)[O-]. The summed E-state index contributed by atoms with van der Waals surface area (Å²) in [5.41, 5.74) is 3.86. The number of nitrogens with two attached hydrogens (primary N) is 1. The van der Waals surface area contributed by atoms with Gasteiger partial charge in [-0.3, -0.25) is 14.7 Å². The van der Waals surface area contributed by atoms with Crippen LogP contribution in [0, 0.1) is 10.1 Å². The first-order chi connectivity index (χ1) is 6.34. The van der Waals surface area contributed by atoms with E-state index in [1.807, 2.05) is 0 Å². The smallest absolute Gasteiger partial charge is 0.331 e. The molecule has 0 saturated carbocycles. The highest BCUT2D eigenvalue weighted by Crippen LogP contribution is 2.26. The first-order valence-corrected chi connectivity index (χ1v) is 4.64. The van der Waals surface area contributed by atoms with E-state index in [-0.39, 0.29) is 5.69 Å². The van der Waals surface area contributed by atoms with Gasteiger partial charge in [-0.2, -0.15) is 8.42 Å². The van der Waals surface area contributed by atoms with Crippen molar-refractivity contribution in [3.63, 3.8) is 0 Å². The van der Waals surface area contributed by atoms with Gasteiger partial charge in [0, 0.05) is 6.20 Å². The third-order valence-corrected chi connectivity index (χ3v) is 2.14. The molecular formula is C5H5N3O5S. The molecule has 0 spiro atoms. The Bertz CT molecular complexity index is 482. The van der Waals surface area contributed by atoms with Crippen LogP contribution in [0.5, 0.6) is 0 Å². The van der Waals surface area contributed by atoms with Gasteiger partial charge in [0.1, 0.15) is 5.69 Å². The number of nitro groups is 1. The molecule has 1 rings (SSSR count). The maximum absolute atomic E-state index is 10.6. The highest BCUT2D eigenvalue weighted by atomic mass is 32.2. The molecule has 0 aromatic carbocycles. The molecule has 1 heterocycles. The molecule has 0 aliphatic carbocycles. The van der Waals surface area contributed by atoms with E-state index in [0.29, 0.717) is 0 Å². The Morgan fingerprint density at radius 1 is 1.57 bits per heavy atom. The molecule has 1 aromatic rings. The number of pyridine rings is 1. The van der Waals surface area contributed by atoms with Crippen molar-refractivity contribution in [1.82, 2.24) is 4.98 Å². The molecule has 76 valence electrons. The van der Waals surface area contributed by atoms with Gasteiger partial charge in [-0.25, -0.2) is 4.98 Å². The zero-order valence-corrected chi connectivity index (χ0v) is 7.43. The van der Waals surface area contributed by atoms with Gasteiger partial charge in [-0.05, 0) is 6.07 Å². The zero-order valence-electron chi connectivity index (χ0n) is 6.61. The van der Waals surface area contributed by atoms with Gasteiger partial charge in [0.2, 0.25) is 0 Å². The number of rotatable bonds is 2. The fourth-order valence-electron chi connectivity index (χ4n) is 0.821. The first kappa shape index (κ1) is 10.3. The molecule has 0 aliphatic rings. The van der Waals surface area contributed by atoms with Gasteiger partial charge in [-0.15, -0.1) is 0 Å². The van der Waals surface area contributed by atoms with Crippen molar-refractivity contribution in [3.8, 4) is 0 Å². The zero-order chi connectivity index (χ0) is 10.9. The van der Waals surface area contributed by atoms with E-state index in [2.05, 4.69) is 4.98 Å². The van der Waals surface area contributed by atoms with Gasteiger partial charge in [0.05, 0.1) is 4.92 Å². The van der Waals surface area contributed by atoms with Crippen molar-refractivity contribution in [2.24, 2.45) is 0 Å². The van der Waals surface area contributed by atoms with E-state index >= 15 is 0 Å². The van der Waals surface area contributed by atoms with E-state index in [1.165, 1.54) is 0 Å². The van der Waals surface area contributed by atoms with Crippen LogP contribution in [0.15, 0.2) is 17.3 Å². The average molecular weight is 219 g/mol. The minimum absolute atomic E-state index is 0.377. The van der Waals surface area contributed by atoms with Gasteiger partial charge in [0.15, 0.2) is 0 Å². The number of anilines is 1. The fraction of sp³-hybridized carbons (Fsp3) is 0. The minimum atomic E-state index is -4.73. The summed E-state index contributed by atoms with van der Waals surface area (Å²) < 4.78 is 29.9. The van der Waals surface area contributed by atoms with Crippen LogP contribution in [0.25, 0.3) is 0 Å². The van der Waals surface area contributed by atoms with Crippen molar-refractivity contribution < 1.29 is 17.9 Å². The van der Waals surface area contributed by atoms with Crippen molar-refractivity contribution in [2.45, 2.75) is 5.03 Å². The monoisotopic (exact) mass is 219 g/mol. The molecule has 8 nitrogen and oxygen atoms in total. The maximum Gasteiger partial charge on any atom is 0.331 e. The molecule has 0 atom stereocenters. The largest absolute Gasteiger partial charge is 0.393 e. The molecule has 0 radical (unpaired) electrons. The molecule has 0 fully saturated rings. The molecule has 0 saturated heterocycles. The van der Waals surface area contributed by atoms with Crippen molar-refractivity contribution in [2.75, 3.05) is 5.73 Å². The lowest BCUT2D eigenvalue weighted by atomic mass is 10.4. The normalized spacial score (nSPS) is 11.2. The summed E-state index contributed by atoms with van der Waals surface area (Å²) in [4.78, 5) is 12.5. The standard InChI is InChI=1S/C5H5N3O5S/c6-3-1-2-7-5(14(11,12)13)4(3)8(9)10/h1-2H,(H2,6,7)(H,11,12,13). The Morgan fingerprint density at radius 2 is 2.14 bits per heavy atom. The van der Waals surface area contributed by atoms with E-state index in [0.717, 1.165) is 12.3 Å². The molecule has 14 heavy (non-hydrogen) atoms. The third-order valence-electron chi connectivity index (χ3n) is 1.35. The Labute approximate surface area is 78.3 Å². The molecule has 0 aliphatic heterocycles. The van der Waals surface area contributed by atoms with Crippen molar-refractivity contribution >= 4 is 21.5 Å². The molecule has 0 unspecified atom stereocenters.